The lowest BCUT2D eigenvalue weighted by molar-refractivity contribution is 0.415. The van der Waals surface area contributed by atoms with Crippen LogP contribution in [0.5, 0.6) is 5.75 Å². The highest BCUT2D eigenvalue weighted by molar-refractivity contribution is 9.10. The fourth-order valence-corrected chi connectivity index (χ4v) is 1.90. The maximum Gasteiger partial charge on any atom is 0.141 e. The van der Waals surface area contributed by atoms with Crippen LogP contribution in [0.25, 0.3) is 0 Å². The standard InChI is InChI=1S/C13H12BrFN2O/c1-18-11-2-3-12(14)13(5-11)17-7-9-4-10(15)8-16-6-9/h2-6,8,17H,7H2,1H3. The van der Waals surface area contributed by atoms with Gasteiger partial charge in [0.05, 0.1) is 19.0 Å². The summed E-state index contributed by atoms with van der Waals surface area (Å²) in [7, 11) is 1.61. The minimum atomic E-state index is -0.334. The van der Waals surface area contributed by atoms with Gasteiger partial charge in [0.25, 0.3) is 0 Å². The molecule has 0 aliphatic heterocycles. The molecule has 94 valence electrons. The van der Waals surface area contributed by atoms with E-state index in [9.17, 15) is 4.39 Å². The Morgan fingerprint density at radius 3 is 2.89 bits per heavy atom. The molecule has 0 spiro atoms. The number of halogens is 2. The molecule has 1 N–H and O–H groups in total. The highest BCUT2D eigenvalue weighted by atomic mass is 79.9. The first-order chi connectivity index (χ1) is 8.69. The molecular formula is C13H12BrFN2O. The van der Waals surface area contributed by atoms with Crippen LogP contribution < -0.4 is 10.1 Å². The van der Waals surface area contributed by atoms with Gasteiger partial charge < -0.3 is 10.1 Å². The number of rotatable bonds is 4. The summed E-state index contributed by atoms with van der Waals surface area (Å²) in [6.45, 7) is 0.497. The third-order valence-corrected chi connectivity index (χ3v) is 3.11. The van der Waals surface area contributed by atoms with E-state index in [0.717, 1.165) is 21.5 Å². The van der Waals surface area contributed by atoms with E-state index in [1.54, 1.807) is 13.3 Å². The van der Waals surface area contributed by atoms with Gasteiger partial charge in [-0.1, -0.05) is 0 Å². The second-order valence-electron chi connectivity index (χ2n) is 3.71. The van der Waals surface area contributed by atoms with Gasteiger partial charge in [-0.05, 0) is 39.7 Å². The molecule has 0 fully saturated rings. The summed E-state index contributed by atoms with van der Waals surface area (Å²) in [5.74, 6) is 0.428. The summed E-state index contributed by atoms with van der Waals surface area (Å²) in [4.78, 5) is 3.80. The van der Waals surface area contributed by atoms with Crippen molar-refractivity contribution in [2.24, 2.45) is 0 Å². The summed E-state index contributed by atoms with van der Waals surface area (Å²) in [5, 5.41) is 3.20. The number of methoxy groups -OCH3 is 1. The van der Waals surface area contributed by atoms with E-state index in [-0.39, 0.29) is 5.82 Å². The molecule has 5 heteroatoms. The van der Waals surface area contributed by atoms with Crippen LogP contribution >= 0.6 is 15.9 Å². The van der Waals surface area contributed by atoms with Crippen LogP contribution in [0, 0.1) is 5.82 Å². The Labute approximate surface area is 113 Å². The molecule has 2 aromatic rings. The molecular weight excluding hydrogens is 299 g/mol. The van der Waals surface area contributed by atoms with Gasteiger partial charge in [-0.2, -0.15) is 0 Å². The fraction of sp³-hybridized carbons (Fsp3) is 0.154. The van der Waals surface area contributed by atoms with Crippen molar-refractivity contribution in [3.8, 4) is 5.75 Å². The van der Waals surface area contributed by atoms with Crippen LogP contribution in [0.4, 0.5) is 10.1 Å². The molecule has 0 aliphatic carbocycles. The van der Waals surface area contributed by atoms with E-state index in [0.29, 0.717) is 6.54 Å². The lowest BCUT2D eigenvalue weighted by Crippen LogP contribution is -2.01. The fourth-order valence-electron chi connectivity index (χ4n) is 1.52. The average molecular weight is 311 g/mol. The number of nitrogens with zero attached hydrogens (tertiary/aromatic N) is 1. The highest BCUT2D eigenvalue weighted by Crippen LogP contribution is 2.27. The number of anilines is 1. The van der Waals surface area contributed by atoms with Gasteiger partial charge >= 0.3 is 0 Å². The Kier molecular flexibility index (Phi) is 4.15. The van der Waals surface area contributed by atoms with Crippen LogP contribution in [0.2, 0.25) is 0 Å². The molecule has 1 aromatic carbocycles. The summed E-state index contributed by atoms with van der Waals surface area (Å²) >= 11 is 3.44. The van der Waals surface area contributed by atoms with E-state index < -0.39 is 0 Å². The number of pyridine rings is 1. The molecule has 0 radical (unpaired) electrons. The predicted octanol–water partition coefficient (Wildman–Crippen LogP) is 3.60. The van der Waals surface area contributed by atoms with Gasteiger partial charge in [-0.25, -0.2) is 4.39 Å². The van der Waals surface area contributed by atoms with Crippen LogP contribution in [0.1, 0.15) is 5.56 Å². The maximum absolute atomic E-state index is 13.0. The van der Waals surface area contributed by atoms with Crippen molar-refractivity contribution in [3.63, 3.8) is 0 Å². The minimum Gasteiger partial charge on any atom is -0.497 e. The normalized spacial score (nSPS) is 10.2. The SMILES string of the molecule is COc1ccc(Br)c(NCc2cncc(F)c2)c1. The second kappa shape index (κ2) is 5.82. The van der Waals surface area contributed by atoms with Gasteiger partial charge in [-0.3, -0.25) is 4.98 Å². The summed E-state index contributed by atoms with van der Waals surface area (Å²) in [5.41, 5.74) is 1.67. The van der Waals surface area contributed by atoms with Gasteiger partial charge in [0.1, 0.15) is 11.6 Å². The Bertz CT molecular complexity index is 548. The molecule has 0 atom stereocenters. The van der Waals surface area contributed by atoms with Crippen LogP contribution in [0.15, 0.2) is 41.1 Å². The first-order valence-electron chi connectivity index (χ1n) is 5.36. The van der Waals surface area contributed by atoms with E-state index in [2.05, 4.69) is 26.2 Å². The number of hydrogen-bond donors (Lipinski definition) is 1. The molecule has 0 unspecified atom stereocenters. The van der Waals surface area contributed by atoms with Crippen molar-refractivity contribution < 1.29 is 9.13 Å². The van der Waals surface area contributed by atoms with Crippen molar-refractivity contribution in [1.82, 2.24) is 4.98 Å². The zero-order valence-electron chi connectivity index (χ0n) is 9.78. The largest absolute Gasteiger partial charge is 0.497 e. The Hall–Kier alpha value is -1.62. The van der Waals surface area contributed by atoms with Crippen molar-refractivity contribution in [2.75, 3.05) is 12.4 Å². The Morgan fingerprint density at radius 2 is 2.17 bits per heavy atom. The van der Waals surface area contributed by atoms with Crippen LogP contribution in [-0.2, 0) is 6.54 Å². The summed E-state index contributed by atoms with van der Waals surface area (Å²) in [6, 6.07) is 7.08. The van der Waals surface area contributed by atoms with Gasteiger partial charge in [0.2, 0.25) is 0 Å². The van der Waals surface area contributed by atoms with Crippen LogP contribution in [-0.4, -0.2) is 12.1 Å². The Morgan fingerprint density at radius 1 is 1.33 bits per heavy atom. The molecule has 0 bridgehead atoms. The maximum atomic E-state index is 13.0. The monoisotopic (exact) mass is 310 g/mol. The van der Waals surface area contributed by atoms with E-state index in [1.807, 2.05) is 18.2 Å². The molecule has 1 heterocycles. The molecule has 3 nitrogen and oxygen atoms in total. The molecule has 0 saturated heterocycles. The summed E-state index contributed by atoms with van der Waals surface area (Å²) < 4.78 is 19.0. The molecule has 0 amide bonds. The molecule has 2 rings (SSSR count). The lowest BCUT2D eigenvalue weighted by atomic mass is 10.2. The minimum absolute atomic E-state index is 0.334. The molecule has 0 aliphatic rings. The first-order valence-corrected chi connectivity index (χ1v) is 6.15. The third-order valence-electron chi connectivity index (χ3n) is 2.42. The van der Waals surface area contributed by atoms with Gasteiger partial charge in [0.15, 0.2) is 0 Å². The first kappa shape index (κ1) is 12.8. The number of nitrogens with one attached hydrogen (secondary N) is 1. The molecule has 0 saturated carbocycles. The van der Waals surface area contributed by atoms with Crippen molar-refractivity contribution in [1.29, 1.82) is 0 Å². The lowest BCUT2D eigenvalue weighted by Gasteiger charge is -2.10. The predicted molar refractivity (Wildman–Crippen MR) is 72.2 cm³/mol. The Balaban J connectivity index is 2.10. The van der Waals surface area contributed by atoms with Crippen molar-refractivity contribution in [2.45, 2.75) is 6.54 Å². The zero-order valence-corrected chi connectivity index (χ0v) is 11.4. The number of benzene rings is 1. The van der Waals surface area contributed by atoms with Crippen molar-refractivity contribution in [3.05, 3.63) is 52.5 Å². The summed E-state index contributed by atoms with van der Waals surface area (Å²) in [6.07, 6.45) is 2.81. The quantitative estimate of drug-likeness (QED) is 0.937. The third kappa shape index (κ3) is 3.20. The van der Waals surface area contributed by atoms with E-state index >= 15 is 0 Å². The number of hydrogen-bond acceptors (Lipinski definition) is 3. The number of ether oxygens (including phenoxy) is 1. The van der Waals surface area contributed by atoms with Gasteiger partial charge in [0, 0.05) is 23.3 Å². The van der Waals surface area contributed by atoms with Crippen LogP contribution in [0.3, 0.4) is 0 Å². The van der Waals surface area contributed by atoms with E-state index in [1.165, 1.54) is 12.3 Å². The highest BCUT2D eigenvalue weighted by Gasteiger charge is 2.02. The van der Waals surface area contributed by atoms with Gasteiger partial charge in [-0.15, -0.1) is 0 Å². The molecule has 1 aromatic heterocycles. The van der Waals surface area contributed by atoms with Crippen molar-refractivity contribution >= 4 is 21.6 Å². The zero-order chi connectivity index (χ0) is 13.0. The molecule has 18 heavy (non-hydrogen) atoms. The smallest absolute Gasteiger partial charge is 0.141 e. The second-order valence-corrected chi connectivity index (χ2v) is 4.57. The number of aromatic nitrogens is 1. The van der Waals surface area contributed by atoms with E-state index in [4.69, 9.17) is 4.74 Å². The average Bonchev–Trinajstić information content (AvgIpc) is 2.38. The topological polar surface area (TPSA) is 34.1 Å².